The van der Waals surface area contributed by atoms with Crippen LogP contribution in [-0.4, -0.2) is 16.8 Å². The lowest BCUT2D eigenvalue weighted by molar-refractivity contribution is -0.0506. The average molecular weight is 208 g/mol. The first-order valence-electron chi connectivity index (χ1n) is 5.33. The summed E-state index contributed by atoms with van der Waals surface area (Å²) in [4.78, 5) is 0. The Morgan fingerprint density at radius 2 is 1.87 bits per heavy atom. The summed E-state index contributed by atoms with van der Waals surface area (Å²) in [5.74, 6) is 0.349. The highest BCUT2D eigenvalue weighted by Crippen LogP contribution is 2.20. The highest BCUT2D eigenvalue weighted by molar-refractivity contribution is 5.32. The van der Waals surface area contributed by atoms with Gasteiger partial charge in [0.25, 0.3) is 0 Å². The number of aromatic hydroxyl groups is 1. The maximum atomic E-state index is 9.60. The lowest BCUT2D eigenvalue weighted by Crippen LogP contribution is -2.26. The minimum absolute atomic E-state index is 0.110. The number of ether oxygens (including phenoxy) is 1. The van der Waals surface area contributed by atoms with Crippen LogP contribution in [0.5, 0.6) is 5.75 Å². The van der Waals surface area contributed by atoms with E-state index in [1.807, 2.05) is 45.9 Å². The summed E-state index contributed by atoms with van der Waals surface area (Å²) in [6.07, 6.45) is 0.850. The van der Waals surface area contributed by atoms with E-state index in [1.165, 1.54) is 0 Å². The van der Waals surface area contributed by atoms with Crippen LogP contribution in [-0.2, 0) is 11.2 Å². The van der Waals surface area contributed by atoms with Gasteiger partial charge in [-0.3, -0.25) is 0 Å². The number of hydrogen-bond donors (Lipinski definition) is 1. The normalized spacial score (nSPS) is 13.9. The smallest absolute Gasteiger partial charge is 0.118 e. The maximum absolute atomic E-state index is 9.60. The van der Waals surface area contributed by atoms with Crippen molar-refractivity contribution < 1.29 is 9.84 Å². The molecule has 2 heteroatoms. The minimum atomic E-state index is -0.135. The zero-order valence-electron chi connectivity index (χ0n) is 9.95. The molecule has 84 valence electrons. The van der Waals surface area contributed by atoms with E-state index >= 15 is 0 Å². The molecular formula is C13H20O2. The van der Waals surface area contributed by atoms with E-state index in [0.29, 0.717) is 5.75 Å². The lowest BCUT2D eigenvalue weighted by Gasteiger charge is -2.25. The van der Waals surface area contributed by atoms with E-state index in [-0.39, 0.29) is 11.7 Å². The van der Waals surface area contributed by atoms with Crippen molar-refractivity contribution in [3.63, 3.8) is 0 Å². The van der Waals surface area contributed by atoms with Crippen molar-refractivity contribution in [3.8, 4) is 5.75 Å². The van der Waals surface area contributed by atoms with E-state index in [1.54, 1.807) is 6.07 Å². The molecule has 0 radical (unpaired) electrons. The summed E-state index contributed by atoms with van der Waals surface area (Å²) in [6.45, 7) is 8.13. The Hall–Kier alpha value is -1.02. The van der Waals surface area contributed by atoms with Gasteiger partial charge in [0.05, 0.1) is 11.7 Å². The summed E-state index contributed by atoms with van der Waals surface area (Å²) in [5.41, 5.74) is 0.804. The molecule has 0 bridgehead atoms. The van der Waals surface area contributed by atoms with Crippen LogP contribution in [0, 0.1) is 0 Å². The van der Waals surface area contributed by atoms with Crippen LogP contribution >= 0.6 is 0 Å². The Kier molecular flexibility index (Phi) is 3.75. The number of phenolic OH excluding ortho intramolecular Hbond substituents is 1. The molecule has 0 aliphatic rings. The van der Waals surface area contributed by atoms with Gasteiger partial charge in [-0.25, -0.2) is 0 Å². The molecule has 1 atom stereocenters. The lowest BCUT2D eigenvalue weighted by atomic mass is 10.1. The zero-order valence-corrected chi connectivity index (χ0v) is 9.95. The standard InChI is InChI=1S/C13H20O2/c1-10(15-13(2,3)4)9-11-7-5-6-8-12(11)14/h5-8,10,14H,9H2,1-4H3. The molecule has 1 N–H and O–H groups in total. The fourth-order valence-electron chi connectivity index (χ4n) is 1.64. The third kappa shape index (κ3) is 4.34. The maximum Gasteiger partial charge on any atom is 0.118 e. The monoisotopic (exact) mass is 208 g/mol. The van der Waals surface area contributed by atoms with Crippen LogP contribution in [0.4, 0.5) is 0 Å². The summed E-state index contributed by atoms with van der Waals surface area (Å²) >= 11 is 0. The number of benzene rings is 1. The molecule has 2 nitrogen and oxygen atoms in total. The van der Waals surface area contributed by atoms with E-state index in [2.05, 4.69) is 0 Å². The first-order valence-corrected chi connectivity index (χ1v) is 5.33. The van der Waals surface area contributed by atoms with Gasteiger partial charge in [-0.15, -0.1) is 0 Å². The summed E-state index contributed by atoms with van der Waals surface area (Å²) in [7, 11) is 0. The second kappa shape index (κ2) is 4.67. The fraction of sp³-hybridized carbons (Fsp3) is 0.538. The molecule has 1 unspecified atom stereocenters. The topological polar surface area (TPSA) is 29.5 Å². The largest absolute Gasteiger partial charge is 0.508 e. The second-order valence-corrected chi connectivity index (χ2v) is 4.87. The number of para-hydroxylation sites is 1. The van der Waals surface area contributed by atoms with Gasteiger partial charge in [0.15, 0.2) is 0 Å². The quantitative estimate of drug-likeness (QED) is 0.827. The Morgan fingerprint density at radius 1 is 1.27 bits per heavy atom. The molecule has 0 saturated carbocycles. The first kappa shape index (κ1) is 12.1. The molecule has 0 aromatic heterocycles. The molecule has 1 aromatic rings. The predicted octanol–water partition coefficient (Wildman–Crippen LogP) is 3.14. The first-order chi connectivity index (χ1) is 6.88. The fourth-order valence-corrected chi connectivity index (χ4v) is 1.64. The van der Waals surface area contributed by atoms with Crippen LogP contribution in [0.1, 0.15) is 33.3 Å². The molecule has 0 aliphatic heterocycles. The molecule has 0 fully saturated rings. The van der Waals surface area contributed by atoms with Crippen LogP contribution in [0.2, 0.25) is 0 Å². The van der Waals surface area contributed by atoms with Gasteiger partial charge in [0.2, 0.25) is 0 Å². The van der Waals surface area contributed by atoms with Crippen molar-refractivity contribution in [1.82, 2.24) is 0 Å². The van der Waals surface area contributed by atoms with Gasteiger partial charge in [-0.05, 0) is 39.3 Å². The van der Waals surface area contributed by atoms with Crippen LogP contribution in [0.15, 0.2) is 24.3 Å². The van der Waals surface area contributed by atoms with Crippen molar-refractivity contribution in [3.05, 3.63) is 29.8 Å². The van der Waals surface area contributed by atoms with E-state index in [9.17, 15) is 5.11 Å². The van der Waals surface area contributed by atoms with Gasteiger partial charge in [0, 0.05) is 6.42 Å². The average Bonchev–Trinajstić information content (AvgIpc) is 2.05. The Labute approximate surface area is 91.9 Å². The van der Waals surface area contributed by atoms with Crippen molar-refractivity contribution >= 4 is 0 Å². The summed E-state index contributed by atoms with van der Waals surface area (Å²) < 4.78 is 5.79. The van der Waals surface area contributed by atoms with Gasteiger partial charge in [-0.2, -0.15) is 0 Å². The van der Waals surface area contributed by atoms with Gasteiger partial charge in [-0.1, -0.05) is 18.2 Å². The van der Waals surface area contributed by atoms with Gasteiger partial charge in [0.1, 0.15) is 5.75 Å². The predicted molar refractivity (Wildman–Crippen MR) is 62.1 cm³/mol. The van der Waals surface area contributed by atoms with Crippen molar-refractivity contribution in [1.29, 1.82) is 0 Å². The molecule has 15 heavy (non-hydrogen) atoms. The third-order valence-electron chi connectivity index (χ3n) is 2.05. The minimum Gasteiger partial charge on any atom is -0.508 e. The van der Waals surface area contributed by atoms with Crippen molar-refractivity contribution in [2.45, 2.75) is 45.8 Å². The number of phenols is 1. The van der Waals surface area contributed by atoms with Crippen LogP contribution in [0.3, 0.4) is 0 Å². The molecule has 0 amide bonds. The SMILES string of the molecule is CC(Cc1ccccc1O)OC(C)(C)C. The molecule has 0 saturated heterocycles. The van der Waals surface area contributed by atoms with E-state index < -0.39 is 0 Å². The van der Waals surface area contributed by atoms with Crippen molar-refractivity contribution in [2.75, 3.05) is 0 Å². The summed E-state index contributed by atoms with van der Waals surface area (Å²) in [5, 5.41) is 9.60. The molecule has 0 heterocycles. The second-order valence-electron chi connectivity index (χ2n) is 4.87. The molecule has 0 spiro atoms. The number of hydrogen-bond acceptors (Lipinski definition) is 2. The third-order valence-corrected chi connectivity index (χ3v) is 2.05. The highest BCUT2D eigenvalue weighted by atomic mass is 16.5. The Balaban J connectivity index is 2.59. The number of rotatable bonds is 3. The Morgan fingerprint density at radius 3 is 2.40 bits per heavy atom. The van der Waals surface area contributed by atoms with Gasteiger partial charge < -0.3 is 9.84 Å². The van der Waals surface area contributed by atoms with Crippen LogP contribution in [0.25, 0.3) is 0 Å². The Bertz CT molecular complexity index is 313. The van der Waals surface area contributed by atoms with E-state index in [0.717, 1.165) is 12.0 Å². The summed E-state index contributed by atoms with van der Waals surface area (Å²) in [6, 6.07) is 7.39. The zero-order chi connectivity index (χ0) is 11.5. The molecule has 1 rings (SSSR count). The van der Waals surface area contributed by atoms with Crippen LogP contribution < -0.4 is 0 Å². The van der Waals surface area contributed by atoms with E-state index in [4.69, 9.17) is 4.74 Å². The van der Waals surface area contributed by atoms with Crippen molar-refractivity contribution in [2.24, 2.45) is 0 Å². The molecule has 0 aliphatic carbocycles. The molecular weight excluding hydrogens is 188 g/mol. The molecule has 1 aromatic carbocycles. The van der Waals surface area contributed by atoms with Gasteiger partial charge >= 0.3 is 0 Å². The highest BCUT2D eigenvalue weighted by Gasteiger charge is 2.16.